The van der Waals surface area contributed by atoms with E-state index in [2.05, 4.69) is 15.6 Å². The molecule has 2 heterocycles. The van der Waals surface area contributed by atoms with Crippen LogP contribution in [-0.2, 0) is 13.0 Å². The zero-order chi connectivity index (χ0) is 19.1. The molecule has 1 amide bonds. The first-order valence-corrected chi connectivity index (χ1v) is 9.20. The molecule has 3 rings (SSSR count). The van der Waals surface area contributed by atoms with Crippen LogP contribution < -0.4 is 10.6 Å². The molecule has 1 aromatic carbocycles. The number of furan rings is 1. The van der Waals surface area contributed by atoms with E-state index in [1.165, 1.54) is 0 Å². The number of hydrogen-bond acceptors (Lipinski definition) is 4. The van der Waals surface area contributed by atoms with Crippen molar-refractivity contribution in [3.05, 3.63) is 83.6 Å². The minimum atomic E-state index is -0.0547. The molecule has 0 aliphatic heterocycles. The molecule has 5 nitrogen and oxygen atoms in total. The van der Waals surface area contributed by atoms with E-state index in [4.69, 9.17) is 4.42 Å². The summed E-state index contributed by atoms with van der Waals surface area (Å²) in [5, 5.41) is 6.45. The predicted molar refractivity (Wildman–Crippen MR) is 107 cm³/mol. The Hall–Kier alpha value is -3.08. The van der Waals surface area contributed by atoms with Crippen LogP contribution in [0.1, 0.15) is 40.7 Å². The van der Waals surface area contributed by atoms with E-state index in [-0.39, 0.29) is 11.9 Å². The Labute approximate surface area is 159 Å². The number of nitrogens with one attached hydrogen (secondary N) is 2. The number of hydrogen-bond donors (Lipinski definition) is 2. The highest BCUT2D eigenvalue weighted by molar-refractivity contribution is 5.97. The Balaban J connectivity index is 1.59. The van der Waals surface area contributed by atoms with Gasteiger partial charge in [0.25, 0.3) is 5.91 Å². The molecule has 0 bridgehead atoms. The summed E-state index contributed by atoms with van der Waals surface area (Å²) < 4.78 is 5.35. The van der Waals surface area contributed by atoms with Gasteiger partial charge in [0.2, 0.25) is 0 Å². The van der Waals surface area contributed by atoms with Gasteiger partial charge < -0.3 is 15.1 Å². The second-order valence-corrected chi connectivity index (χ2v) is 6.65. The van der Waals surface area contributed by atoms with Gasteiger partial charge in [-0.1, -0.05) is 12.1 Å². The number of aromatic nitrogens is 1. The number of anilines is 1. The van der Waals surface area contributed by atoms with Gasteiger partial charge in [-0.05, 0) is 62.2 Å². The van der Waals surface area contributed by atoms with Crippen molar-refractivity contribution in [2.45, 2.75) is 39.3 Å². The molecule has 0 aliphatic rings. The Morgan fingerprint density at radius 1 is 1.15 bits per heavy atom. The number of aryl methyl sites for hydroxylation is 1. The molecular weight excluding hydrogens is 338 g/mol. The minimum Gasteiger partial charge on any atom is -0.469 e. The van der Waals surface area contributed by atoms with Crippen molar-refractivity contribution >= 4 is 11.6 Å². The Morgan fingerprint density at radius 3 is 2.78 bits per heavy atom. The van der Waals surface area contributed by atoms with Crippen LogP contribution in [0.2, 0.25) is 0 Å². The van der Waals surface area contributed by atoms with E-state index in [0.29, 0.717) is 12.1 Å². The van der Waals surface area contributed by atoms with Gasteiger partial charge in [-0.3, -0.25) is 9.78 Å². The summed E-state index contributed by atoms with van der Waals surface area (Å²) in [4.78, 5) is 17.0. The first kappa shape index (κ1) is 18.7. The quantitative estimate of drug-likeness (QED) is 0.624. The largest absolute Gasteiger partial charge is 0.469 e. The summed E-state index contributed by atoms with van der Waals surface area (Å²) in [6.45, 7) is 4.59. The van der Waals surface area contributed by atoms with Gasteiger partial charge in [0.05, 0.1) is 18.5 Å². The third-order valence-electron chi connectivity index (χ3n) is 4.55. The molecular formula is C22H25N3O2. The molecule has 0 fully saturated rings. The van der Waals surface area contributed by atoms with E-state index >= 15 is 0 Å². The maximum absolute atomic E-state index is 12.7. The lowest BCUT2D eigenvalue weighted by Crippen LogP contribution is -2.33. The highest BCUT2D eigenvalue weighted by atomic mass is 16.3. The summed E-state index contributed by atoms with van der Waals surface area (Å²) >= 11 is 0. The van der Waals surface area contributed by atoms with Crippen LogP contribution >= 0.6 is 0 Å². The molecule has 5 heteroatoms. The maximum atomic E-state index is 12.7. The van der Waals surface area contributed by atoms with Crippen LogP contribution in [0.25, 0.3) is 0 Å². The minimum absolute atomic E-state index is 0.0547. The van der Waals surface area contributed by atoms with Crippen LogP contribution in [0, 0.1) is 6.92 Å². The lowest BCUT2D eigenvalue weighted by atomic mass is 10.0. The number of rotatable bonds is 8. The maximum Gasteiger partial charge on any atom is 0.251 e. The van der Waals surface area contributed by atoms with Crippen LogP contribution in [0.15, 0.2) is 65.4 Å². The van der Waals surface area contributed by atoms with Crippen LogP contribution in [0.4, 0.5) is 5.69 Å². The summed E-state index contributed by atoms with van der Waals surface area (Å²) in [5.41, 5.74) is 3.52. The molecule has 0 aliphatic carbocycles. The molecule has 27 heavy (non-hydrogen) atoms. The van der Waals surface area contributed by atoms with E-state index in [1.54, 1.807) is 12.5 Å². The topological polar surface area (TPSA) is 67.2 Å². The number of pyridine rings is 1. The van der Waals surface area contributed by atoms with Crippen LogP contribution in [0.3, 0.4) is 0 Å². The molecule has 0 saturated carbocycles. The number of carbonyl (C=O) groups is 1. The molecule has 0 radical (unpaired) electrons. The second kappa shape index (κ2) is 9.03. The predicted octanol–water partition coefficient (Wildman–Crippen LogP) is 4.35. The Bertz CT molecular complexity index is 861. The molecule has 2 N–H and O–H groups in total. The highest BCUT2D eigenvalue weighted by Gasteiger charge is 2.14. The number of benzene rings is 1. The monoisotopic (exact) mass is 363 g/mol. The second-order valence-electron chi connectivity index (χ2n) is 6.65. The van der Waals surface area contributed by atoms with E-state index in [0.717, 1.165) is 35.5 Å². The van der Waals surface area contributed by atoms with Crippen molar-refractivity contribution in [3.63, 3.8) is 0 Å². The van der Waals surface area contributed by atoms with Crippen molar-refractivity contribution in [3.8, 4) is 0 Å². The average Bonchev–Trinajstić information content (AvgIpc) is 3.20. The molecule has 140 valence electrons. The molecule has 0 saturated heterocycles. The van der Waals surface area contributed by atoms with E-state index in [9.17, 15) is 4.79 Å². The third kappa shape index (κ3) is 5.20. The standard InChI is InChI=1S/C22H25N3O2/c1-16(11-12-19-8-6-14-27-19)25-22(26)20-9-5-10-21(17(20)2)24-15-18-7-3-4-13-23-18/h3-10,13-14,16,24H,11-12,15H2,1-2H3,(H,25,26)/t16-/m0/s1. The summed E-state index contributed by atoms with van der Waals surface area (Å²) in [7, 11) is 0. The molecule has 3 aromatic rings. The van der Waals surface area contributed by atoms with Crippen molar-refractivity contribution < 1.29 is 9.21 Å². The van der Waals surface area contributed by atoms with E-state index < -0.39 is 0 Å². The van der Waals surface area contributed by atoms with Crippen molar-refractivity contribution in [1.82, 2.24) is 10.3 Å². The number of nitrogens with zero attached hydrogens (tertiary/aromatic N) is 1. The fraction of sp³-hybridized carbons (Fsp3) is 0.273. The molecule has 2 aromatic heterocycles. The fourth-order valence-electron chi connectivity index (χ4n) is 2.95. The van der Waals surface area contributed by atoms with Crippen molar-refractivity contribution in [1.29, 1.82) is 0 Å². The first-order valence-electron chi connectivity index (χ1n) is 9.20. The fourth-order valence-corrected chi connectivity index (χ4v) is 2.95. The Morgan fingerprint density at radius 2 is 2.04 bits per heavy atom. The van der Waals surface area contributed by atoms with Gasteiger partial charge in [-0.15, -0.1) is 0 Å². The van der Waals surface area contributed by atoms with Gasteiger partial charge >= 0.3 is 0 Å². The van der Waals surface area contributed by atoms with Crippen LogP contribution in [-0.4, -0.2) is 16.9 Å². The lowest BCUT2D eigenvalue weighted by molar-refractivity contribution is 0.0937. The zero-order valence-electron chi connectivity index (χ0n) is 15.7. The summed E-state index contributed by atoms with van der Waals surface area (Å²) in [6, 6.07) is 15.5. The molecule has 0 unspecified atom stereocenters. The SMILES string of the molecule is Cc1c(NCc2ccccn2)cccc1C(=O)N[C@@H](C)CCc1ccco1. The third-order valence-corrected chi connectivity index (χ3v) is 4.55. The van der Waals surface area contributed by atoms with Crippen molar-refractivity contribution in [2.24, 2.45) is 0 Å². The van der Waals surface area contributed by atoms with Crippen LogP contribution in [0.5, 0.6) is 0 Å². The summed E-state index contributed by atoms with van der Waals surface area (Å²) in [5.74, 6) is 0.883. The molecule has 1 atom stereocenters. The summed E-state index contributed by atoms with van der Waals surface area (Å²) in [6.07, 6.45) is 5.08. The zero-order valence-corrected chi connectivity index (χ0v) is 15.7. The first-order chi connectivity index (χ1) is 13.1. The van der Waals surface area contributed by atoms with E-state index in [1.807, 2.05) is 62.4 Å². The van der Waals surface area contributed by atoms with Gasteiger partial charge in [0.1, 0.15) is 5.76 Å². The number of amides is 1. The van der Waals surface area contributed by atoms with Gasteiger partial charge in [-0.2, -0.15) is 0 Å². The number of carbonyl (C=O) groups excluding carboxylic acids is 1. The average molecular weight is 363 g/mol. The molecule has 0 spiro atoms. The Kier molecular flexibility index (Phi) is 6.26. The van der Waals surface area contributed by atoms with Gasteiger partial charge in [-0.25, -0.2) is 0 Å². The highest BCUT2D eigenvalue weighted by Crippen LogP contribution is 2.20. The normalized spacial score (nSPS) is 11.8. The smallest absolute Gasteiger partial charge is 0.251 e. The van der Waals surface area contributed by atoms with Gasteiger partial charge in [0, 0.05) is 29.9 Å². The van der Waals surface area contributed by atoms with Gasteiger partial charge in [0.15, 0.2) is 0 Å². The lowest BCUT2D eigenvalue weighted by Gasteiger charge is -2.16. The van der Waals surface area contributed by atoms with Crippen molar-refractivity contribution in [2.75, 3.05) is 5.32 Å².